The van der Waals surface area contributed by atoms with E-state index in [0.29, 0.717) is 5.56 Å². The number of benzene rings is 2. The number of rotatable bonds is 5. The third-order valence-corrected chi connectivity index (χ3v) is 5.40. The summed E-state index contributed by atoms with van der Waals surface area (Å²) in [6, 6.07) is 13.0. The van der Waals surface area contributed by atoms with Crippen molar-refractivity contribution in [2.75, 3.05) is 4.72 Å². The van der Waals surface area contributed by atoms with E-state index < -0.39 is 20.8 Å². The van der Waals surface area contributed by atoms with Crippen molar-refractivity contribution in [2.24, 2.45) is 10.6 Å². The van der Waals surface area contributed by atoms with E-state index in [4.69, 9.17) is 5.14 Å². The molecular formula is C20H24N2O4S2. The Morgan fingerprint density at radius 3 is 2.21 bits per heavy atom. The third kappa shape index (κ3) is 7.03. The summed E-state index contributed by atoms with van der Waals surface area (Å²) >= 11 is 0. The standard InChI is InChI=1S/C20H24N2O4S2/c1-20(2,3)14-12-16-8-10-17(11-9-16)13-15-27(23,24)22-18-6-4-5-7-19(18)28(21,25)26/h4-11,13,15,22,25-26H,21H2,1-3H3/b15-13+. The van der Waals surface area contributed by atoms with Crippen LogP contribution >= 0.6 is 10.8 Å². The number of nitrogens with one attached hydrogen (secondary N) is 1. The second-order valence-electron chi connectivity index (χ2n) is 7.16. The van der Waals surface area contributed by atoms with Crippen LogP contribution in [0.15, 0.2) is 58.8 Å². The van der Waals surface area contributed by atoms with Crippen molar-refractivity contribution in [3.63, 3.8) is 0 Å². The summed E-state index contributed by atoms with van der Waals surface area (Å²) in [5, 5.41) is 6.34. The highest BCUT2D eigenvalue weighted by molar-refractivity contribution is 8.22. The molecule has 8 heteroatoms. The highest BCUT2D eigenvalue weighted by Crippen LogP contribution is 2.44. The number of para-hydroxylation sites is 1. The van der Waals surface area contributed by atoms with Gasteiger partial charge >= 0.3 is 0 Å². The molecule has 0 aliphatic rings. The average molecular weight is 421 g/mol. The zero-order chi connectivity index (χ0) is 21.0. The molecule has 2 rings (SSSR count). The number of hydrogen-bond acceptors (Lipinski definition) is 5. The van der Waals surface area contributed by atoms with E-state index in [2.05, 4.69) is 16.6 Å². The lowest BCUT2D eigenvalue weighted by Gasteiger charge is -2.28. The lowest BCUT2D eigenvalue weighted by molar-refractivity contribution is 0.489. The molecular weight excluding hydrogens is 396 g/mol. The van der Waals surface area contributed by atoms with Crippen LogP contribution < -0.4 is 9.86 Å². The van der Waals surface area contributed by atoms with Crippen LogP contribution in [-0.4, -0.2) is 17.5 Å². The molecule has 0 aliphatic heterocycles. The minimum absolute atomic E-state index is 0.0162. The lowest BCUT2D eigenvalue weighted by Crippen LogP contribution is -2.15. The first-order valence-corrected chi connectivity index (χ1v) is 11.5. The second-order valence-corrected chi connectivity index (χ2v) is 10.4. The zero-order valence-corrected chi connectivity index (χ0v) is 17.5. The van der Waals surface area contributed by atoms with Gasteiger partial charge < -0.3 is 0 Å². The number of sulfonamides is 1. The Kier molecular flexibility index (Phi) is 6.59. The molecule has 150 valence electrons. The molecule has 0 saturated heterocycles. The van der Waals surface area contributed by atoms with Crippen LogP contribution in [0.1, 0.15) is 31.9 Å². The summed E-state index contributed by atoms with van der Waals surface area (Å²) in [4.78, 5) is -0.0752. The van der Waals surface area contributed by atoms with Crippen LogP contribution in [0, 0.1) is 17.3 Å². The third-order valence-electron chi connectivity index (χ3n) is 3.40. The molecule has 0 radical (unpaired) electrons. The van der Waals surface area contributed by atoms with E-state index in [-0.39, 0.29) is 16.0 Å². The van der Waals surface area contributed by atoms with Gasteiger partial charge in [-0.3, -0.25) is 13.8 Å². The van der Waals surface area contributed by atoms with Crippen molar-refractivity contribution in [1.82, 2.24) is 0 Å². The molecule has 0 bridgehead atoms. The number of anilines is 1. The van der Waals surface area contributed by atoms with Crippen molar-refractivity contribution in [3.05, 3.63) is 65.1 Å². The highest BCUT2D eigenvalue weighted by atomic mass is 32.3. The largest absolute Gasteiger partial charge is 0.282 e. The zero-order valence-electron chi connectivity index (χ0n) is 15.9. The summed E-state index contributed by atoms with van der Waals surface area (Å²) in [7, 11) is -7.44. The van der Waals surface area contributed by atoms with Gasteiger partial charge in [0.05, 0.1) is 16.0 Å². The number of nitrogens with two attached hydrogens (primary N) is 1. The van der Waals surface area contributed by atoms with Crippen molar-refractivity contribution in [2.45, 2.75) is 25.7 Å². The van der Waals surface area contributed by atoms with E-state index in [1.54, 1.807) is 18.2 Å². The molecule has 0 heterocycles. The van der Waals surface area contributed by atoms with Crippen molar-refractivity contribution < 1.29 is 17.5 Å². The van der Waals surface area contributed by atoms with Crippen LogP contribution in [-0.2, 0) is 10.0 Å². The van der Waals surface area contributed by atoms with Gasteiger partial charge in [-0.2, -0.15) is 0 Å². The summed E-state index contributed by atoms with van der Waals surface area (Å²) in [5.41, 5.74) is 1.45. The van der Waals surface area contributed by atoms with Gasteiger partial charge in [0.2, 0.25) is 0 Å². The summed E-state index contributed by atoms with van der Waals surface area (Å²) in [6.07, 6.45) is 1.44. The predicted molar refractivity (Wildman–Crippen MR) is 116 cm³/mol. The first kappa shape index (κ1) is 22.0. The van der Waals surface area contributed by atoms with Crippen molar-refractivity contribution >= 4 is 32.6 Å². The average Bonchev–Trinajstić information content (AvgIpc) is 2.58. The molecule has 0 aromatic heterocycles. The molecule has 2 aromatic carbocycles. The topological polar surface area (TPSA) is 113 Å². The van der Waals surface area contributed by atoms with Gasteiger partial charge in [0.25, 0.3) is 10.0 Å². The fraction of sp³-hybridized carbons (Fsp3) is 0.200. The summed E-state index contributed by atoms with van der Waals surface area (Å²) in [6.45, 7) is 6.07. The van der Waals surface area contributed by atoms with Crippen LogP contribution in [0.3, 0.4) is 0 Å². The minimum Gasteiger partial charge on any atom is -0.282 e. The van der Waals surface area contributed by atoms with Gasteiger partial charge in [0, 0.05) is 11.0 Å². The molecule has 28 heavy (non-hydrogen) atoms. The Balaban J connectivity index is 2.17. The monoisotopic (exact) mass is 420 g/mol. The molecule has 0 atom stereocenters. The fourth-order valence-electron chi connectivity index (χ4n) is 2.11. The van der Waals surface area contributed by atoms with E-state index in [0.717, 1.165) is 11.0 Å². The summed E-state index contributed by atoms with van der Waals surface area (Å²) < 4.78 is 46.2. The highest BCUT2D eigenvalue weighted by Gasteiger charge is 2.17. The SMILES string of the molecule is CC(C)(C)C#Cc1ccc(/C=C/S(=O)(=O)Nc2ccccc2S(N)(O)O)cc1. The van der Waals surface area contributed by atoms with Crippen molar-refractivity contribution in [1.29, 1.82) is 0 Å². The van der Waals surface area contributed by atoms with Gasteiger partial charge in [-0.15, -0.1) is 10.8 Å². The second kappa shape index (κ2) is 8.39. The molecule has 6 nitrogen and oxygen atoms in total. The molecule has 0 amide bonds. The Bertz CT molecular complexity index is 1020. The van der Waals surface area contributed by atoms with Crippen LogP contribution in [0.25, 0.3) is 6.08 Å². The summed E-state index contributed by atoms with van der Waals surface area (Å²) in [5.74, 6) is 6.21. The first-order valence-electron chi connectivity index (χ1n) is 8.35. The van der Waals surface area contributed by atoms with Crippen LogP contribution in [0.5, 0.6) is 0 Å². The van der Waals surface area contributed by atoms with Crippen molar-refractivity contribution in [3.8, 4) is 11.8 Å². The van der Waals surface area contributed by atoms with E-state index >= 15 is 0 Å². The van der Waals surface area contributed by atoms with E-state index in [9.17, 15) is 17.5 Å². The quantitative estimate of drug-likeness (QED) is 0.533. The Morgan fingerprint density at radius 1 is 1.04 bits per heavy atom. The first-order chi connectivity index (χ1) is 12.9. The number of hydrogen-bond donors (Lipinski definition) is 4. The Labute approximate surface area is 168 Å². The smallest absolute Gasteiger partial charge is 0.255 e. The Morgan fingerprint density at radius 2 is 1.64 bits per heavy atom. The maximum absolute atomic E-state index is 12.3. The van der Waals surface area contributed by atoms with Gasteiger partial charge in [-0.1, -0.05) is 36.1 Å². The Hall–Kier alpha value is -2.28. The van der Waals surface area contributed by atoms with Gasteiger partial charge in [-0.05, 0) is 56.7 Å². The molecule has 0 fully saturated rings. The van der Waals surface area contributed by atoms with Crippen LogP contribution in [0.2, 0.25) is 0 Å². The van der Waals surface area contributed by atoms with Gasteiger partial charge in [-0.25, -0.2) is 13.6 Å². The van der Waals surface area contributed by atoms with Gasteiger partial charge in [0.15, 0.2) is 0 Å². The fourth-order valence-corrected chi connectivity index (χ4v) is 3.78. The maximum Gasteiger partial charge on any atom is 0.255 e. The van der Waals surface area contributed by atoms with Crippen LogP contribution in [0.4, 0.5) is 5.69 Å². The molecule has 0 saturated carbocycles. The predicted octanol–water partition coefficient (Wildman–Crippen LogP) is 4.48. The molecule has 0 aliphatic carbocycles. The van der Waals surface area contributed by atoms with E-state index in [1.165, 1.54) is 24.3 Å². The normalized spacial score (nSPS) is 13.1. The molecule has 0 unspecified atom stereocenters. The molecule has 2 aromatic rings. The lowest BCUT2D eigenvalue weighted by atomic mass is 9.97. The molecule has 5 N–H and O–H groups in total. The van der Waals surface area contributed by atoms with E-state index in [1.807, 2.05) is 32.9 Å². The van der Waals surface area contributed by atoms with Gasteiger partial charge in [0.1, 0.15) is 0 Å². The maximum atomic E-state index is 12.3. The minimum atomic E-state index is -3.88. The molecule has 0 spiro atoms.